The smallest absolute Gasteiger partial charge is 0.441 e. The minimum atomic E-state index is -2.12. The molecule has 0 spiro atoms. The van der Waals surface area contributed by atoms with Gasteiger partial charge in [0, 0.05) is 6.42 Å². The van der Waals surface area contributed by atoms with Gasteiger partial charge in [0.1, 0.15) is 0 Å². The molecule has 0 heterocycles. The lowest BCUT2D eigenvalue weighted by Crippen LogP contribution is -2.45. The van der Waals surface area contributed by atoms with Gasteiger partial charge >= 0.3 is 11.7 Å². The van der Waals surface area contributed by atoms with E-state index >= 15 is 0 Å². The largest absolute Gasteiger partial charge is 0.460 e. The van der Waals surface area contributed by atoms with Crippen molar-refractivity contribution in [1.29, 1.82) is 0 Å². The fraction of sp³-hybridized carbons (Fsp3) is 0.550. The molecule has 0 N–H and O–H groups in total. The molecule has 0 saturated carbocycles. The highest BCUT2D eigenvalue weighted by Crippen LogP contribution is 2.38. The van der Waals surface area contributed by atoms with E-state index in [0.717, 1.165) is 19.1 Å². The molecule has 0 unspecified atom stereocenters. The summed E-state index contributed by atoms with van der Waals surface area (Å²) in [6, 6.07) is 9.95. The summed E-state index contributed by atoms with van der Waals surface area (Å²) in [5, 5.41) is -0.0166. The number of ketones is 1. The van der Waals surface area contributed by atoms with Crippen molar-refractivity contribution in [3.63, 3.8) is 0 Å². The maximum absolute atomic E-state index is 12.5. The highest BCUT2D eigenvalue weighted by molar-refractivity contribution is 6.74. The Bertz CT molecular complexity index is 704. The maximum atomic E-state index is 12.5. The summed E-state index contributed by atoms with van der Waals surface area (Å²) < 4.78 is 10.9. The Kier molecular flexibility index (Phi) is 8.28. The first-order valence-corrected chi connectivity index (χ1v) is 12.0. The molecule has 1 rings (SSSR count). The van der Waals surface area contributed by atoms with Crippen molar-refractivity contribution in [2.24, 2.45) is 0 Å². The van der Waals surface area contributed by atoms with Crippen molar-refractivity contribution >= 4 is 25.8 Å². The molecule has 0 bridgehead atoms. The predicted molar refractivity (Wildman–Crippen MR) is 107 cm³/mol. The van der Waals surface area contributed by atoms with Crippen molar-refractivity contribution < 1.29 is 23.5 Å². The number of methoxy groups -OCH3 is 1. The second kappa shape index (κ2) is 9.74. The highest BCUT2D eigenvalue weighted by Gasteiger charge is 2.41. The molecular weight excluding hydrogens is 360 g/mol. The van der Waals surface area contributed by atoms with E-state index in [-0.39, 0.29) is 17.6 Å². The molecule has 1 aromatic rings. The lowest BCUT2D eigenvalue weighted by molar-refractivity contribution is -0.139. The molecule has 27 heavy (non-hydrogen) atoms. The molecule has 0 aliphatic carbocycles. The third kappa shape index (κ3) is 6.86. The van der Waals surface area contributed by atoms with Gasteiger partial charge < -0.3 is 14.7 Å². The third-order valence-electron chi connectivity index (χ3n) is 5.02. The number of nitrogens with zero attached hydrogens (tertiary/aromatic N) is 2. The van der Waals surface area contributed by atoms with E-state index in [1.165, 1.54) is 0 Å². The van der Waals surface area contributed by atoms with Gasteiger partial charge in [-0.15, -0.1) is 0 Å². The van der Waals surface area contributed by atoms with E-state index in [9.17, 15) is 9.59 Å². The number of Topliss-reactive ketones (excluding diaryl/α,β-unsaturated/α-hetero) is 1. The van der Waals surface area contributed by atoms with Crippen LogP contribution in [0.4, 0.5) is 0 Å². The molecule has 148 valence electrons. The number of hydrogen-bond acceptors (Lipinski definition) is 4. The molecule has 1 aromatic carbocycles. The van der Waals surface area contributed by atoms with E-state index < -0.39 is 25.8 Å². The number of benzene rings is 1. The van der Waals surface area contributed by atoms with E-state index in [1.807, 2.05) is 30.3 Å². The Morgan fingerprint density at radius 3 is 2.26 bits per heavy atom. The third-order valence-corrected chi connectivity index (χ3v) is 9.56. The van der Waals surface area contributed by atoms with Crippen LogP contribution in [0.15, 0.2) is 30.3 Å². The van der Waals surface area contributed by atoms with Crippen LogP contribution in [0.2, 0.25) is 18.1 Å². The monoisotopic (exact) mass is 390 g/mol. The topological polar surface area (TPSA) is 89.0 Å². The summed E-state index contributed by atoms with van der Waals surface area (Å²) >= 11 is 0. The van der Waals surface area contributed by atoms with Crippen molar-refractivity contribution in [2.45, 2.75) is 64.3 Å². The molecule has 0 fully saturated rings. The van der Waals surface area contributed by atoms with Gasteiger partial charge in [-0.3, -0.25) is 4.79 Å². The normalized spacial score (nSPS) is 12.8. The summed E-state index contributed by atoms with van der Waals surface area (Å²) in [5.41, 5.74) is 9.57. The van der Waals surface area contributed by atoms with Gasteiger partial charge in [-0.05, 0) is 36.5 Å². The number of rotatable bonds is 9. The minimum Gasteiger partial charge on any atom is -0.460 e. The van der Waals surface area contributed by atoms with Crippen molar-refractivity contribution in [2.75, 3.05) is 7.11 Å². The lowest BCUT2D eigenvalue weighted by Gasteiger charge is -2.39. The van der Waals surface area contributed by atoms with Gasteiger partial charge in [-0.1, -0.05) is 51.1 Å². The Balaban J connectivity index is 2.97. The Morgan fingerprint density at radius 1 is 1.19 bits per heavy atom. The van der Waals surface area contributed by atoms with Crippen LogP contribution >= 0.6 is 0 Å². The SMILES string of the molecule is COC(=O)C(=[N+]=[N-])C(=O)C[C@@H](CCc1ccccc1)O[Si](C)(C)C(C)(C)C. The number of hydrogen-bond donors (Lipinski definition) is 0. The van der Waals surface area contributed by atoms with Crippen LogP contribution in [0.3, 0.4) is 0 Å². The predicted octanol–water partition coefficient (Wildman–Crippen LogP) is 3.81. The van der Waals surface area contributed by atoms with Gasteiger partial charge in [-0.2, -0.15) is 4.79 Å². The first-order valence-electron chi connectivity index (χ1n) is 9.07. The highest BCUT2D eigenvalue weighted by atomic mass is 28.4. The molecule has 0 radical (unpaired) electrons. The Labute approximate surface area is 162 Å². The standard InChI is InChI=1S/C20H30N2O4Si/c1-20(2,3)27(5,6)26-16(13-12-15-10-8-7-9-11-15)14-17(23)18(22-21)19(24)25-4/h7-11,16H,12-14H2,1-6H3/t16-/m1/s1. The summed E-state index contributed by atoms with van der Waals surface area (Å²) in [5.74, 6) is -1.53. The summed E-state index contributed by atoms with van der Waals surface area (Å²) in [4.78, 5) is 26.9. The van der Waals surface area contributed by atoms with Gasteiger partial charge in [0.05, 0.1) is 13.2 Å². The van der Waals surface area contributed by atoms with Gasteiger partial charge in [0.25, 0.3) is 5.78 Å². The Hall–Kier alpha value is -2.08. The number of esters is 1. The molecule has 7 heteroatoms. The first-order chi connectivity index (χ1) is 12.5. The molecule has 1 atom stereocenters. The first kappa shape index (κ1) is 23.0. The zero-order chi connectivity index (χ0) is 20.7. The van der Waals surface area contributed by atoms with Crippen molar-refractivity contribution in [3.8, 4) is 0 Å². The van der Waals surface area contributed by atoms with Crippen LogP contribution in [-0.2, 0) is 25.2 Å². The lowest BCUT2D eigenvalue weighted by atomic mass is 10.0. The van der Waals surface area contributed by atoms with E-state index in [2.05, 4.69) is 43.4 Å². The number of carbonyl (C=O) groups is 2. The van der Waals surface area contributed by atoms with E-state index in [0.29, 0.717) is 6.42 Å². The molecule has 0 aliphatic rings. The second-order valence-corrected chi connectivity index (χ2v) is 12.8. The van der Waals surface area contributed by atoms with Crippen LogP contribution in [0.5, 0.6) is 0 Å². The van der Waals surface area contributed by atoms with Crippen LogP contribution in [0, 0.1) is 0 Å². The fourth-order valence-electron chi connectivity index (χ4n) is 2.38. The summed E-state index contributed by atoms with van der Waals surface area (Å²) in [6.45, 7) is 10.6. The number of ether oxygens (including phenoxy) is 1. The zero-order valence-corrected chi connectivity index (χ0v) is 18.1. The fourth-order valence-corrected chi connectivity index (χ4v) is 3.77. The van der Waals surface area contributed by atoms with Gasteiger partial charge in [0.15, 0.2) is 8.32 Å². The minimum absolute atomic E-state index is 0.0166. The molecular formula is C20H30N2O4Si. The number of carbonyl (C=O) groups excluding carboxylic acids is 2. The summed E-state index contributed by atoms with van der Waals surface area (Å²) in [7, 11) is -0.986. The number of aryl methyl sites for hydroxylation is 1. The molecule has 0 aliphatic heterocycles. The molecule has 0 saturated heterocycles. The van der Waals surface area contributed by atoms with Gasteiger partial charge in [0.2, 0.25) is 0 Å². The average molecular weight is 391 g/mol. The zero-order valence-electron chi connectivity index (χ0n) is 17.1. The van der Waals surface area contributed by atoms with Crippen molar-refractivity contribution in [3.05, 3.63) is 41.4 Å². The van der Waals surface area contributed by atoms with Crippen LogP contribution in [0.1, 0.15) is 39.2 Å². The van der Waals surface area contributed by atoms with Crippen molar-refractivity contribution in [1.82, 2.24) is 0 Å². The van der Waals surface area contributed by atoms with Crippen LogP contribution < -0.4 is 0 Å². The molecule has 0 amide bonds. The van der Waals surface area contributed by atoms with Crippen LogP contribution in [0.25, 0.3) is 5.53 Å². The maximum Gasteiger partial charge on any atom is 0.441 e. The van der Waals surface area contributed by atoms with Crippen LogP contribution in [-0.4, -0.2) is 43.8 Å². The average Bonchev–Trinajstić information content (AvgIpc) is 2.59. The van der Waals surface area contributed by atoms with E-state index in [1.54, 1.807) is 0 Å². The Morgan fingerprint density at radius 2 is 1.78 bits per heavy atom. The summed E-state index contributed by atoms with van der Waals surface area (Å²) in [6.07, 6.45) is 0.965. The second-order valence-electron chi connectivity index (χ2n) is 8.09. The quantitative estimate of drug-likeness (QED) is 0.160. The molecule has 6 nitrogen and oxygen atoms in total. The molecule has 0 aromatic heterocycles. The van der Waals surface area contributed by atoms with E-state index in [4.69, 9.17) is 9.96 Å². The van der Waals surface area contributed by atoms with Gasteiger partial charge in [-0.25, -0.2) is 4.79 Å².